The minimum atomic E-state index is 0.419. The molecule has 0 aliphatic carbocycles. The maximum atomic E-state index is 6.19. The van der Waals surface area contributed by atoms with Crippen LogP contribution in [-0.4, -0.2) is 16.3 Å². The molecule has 0 amide bonds. The molecule has 0 fully saturated rings. The summed E-state index contributed by atoms with van der Waals surface area (Å²) < 4.78 is 7.52. The van der Waals surface area contributed by atoms with E-state index >= 15 is 0 Å². The van der Waals surface area contributed by atoms with Crippen LogP contribution in [0, 0.1) is 6.92 Å². The Bertz CT molecular complexity index is 563. The molecule has 20 heavy (non-hydrogen) atoms. The second-order valence-corrected chi connectivity index (χ2v) is 5.06. The lowest BCUT2D eigenvalue weighted by Crippen LogP contribution is -2.11. The second kappa shape index (κ2) is 6.77. The number of nitrogens with zero attached hydrogens (tertiary/aromatic N) is 2. The third-order valence-corrected chi connectivity index (χ3v) is 3.63. The topological polar surface area (TPSA) is 39.1 Å². The van der Waals surface area contributed by atoms with E-state index < -0.39 is 0 Å². The van der Waals surface area contributed by atoms with Crippen molar-refractivity contribution in [2.75, 3.05) is 6.54 Å². The number of benzene rings is 1. The lowest BCUT2D eigenvalue weighted by atomic mass is 10.2. The molecule has 1 aromatic heterocycles. The molecule has 1 heterocycles. The fourth-order valence-electron chi connectivity index (χ4n) is 1.96. The van der Waals surface area contributed by atoms with Crippen LogP contribution in [0.5, 0.6) is 5.75 Å². The number of aryl methyl sites for hydroxylation is 2. The third kappa shape index (κ3) is 3.52. The molecule has 2 rings (SSSR count). The Hall–Kier alpha value is -1.52. The highest BCUT2D eigenvalue weighted by molar-refractivity contribution is 6.31. The quantitative estimate of drug-likeness (QED) is 0.890. The molecule has 0 radical (unpaired) electrons. The number of hydrogen-bond acceptors (Lipinski definition) is 3. The van der Waals surface area contributed by atoms with E-state index in [-0.39, 0.29) is 0 Å². The van der Waals surface area contributed by atoms with Crippen molar-refractivity contribution in [1.82, 2.24) is 15.1 Å². The minimum absolute atomic E-state index is 0.419. The van der Waals surface area contributed by atoms with Gasteiger partial charge < -0.3 is 10.1 Å². The molecular weight excluding hydrogens is 274 g/mol. The number of halogens is 1. The highest BCUT2D eigenvalue weighted by atomic mass is 35.5. The number of ether oxygens (including phenoxy) is 1. The standard InChI is InChI=1S/C15H20ClN3O/c1-4-17-9-12-5-7-13(8-6-12)20-10-14-15(16)11(2)18-19(14)3/h5-8,17H,4,9-10H2,1-3H3. The molecule has 0 spiro atoms. The second-order valence-electron chi connectivity index (χ2n) is 4.68. The summed E-state index contributed by atoms with van der Waals surface area (Å²) in [5, 5.41) is 8.23. The largest absolute Gasteiger partial charge is 0.487 e. The van der Waals surface area contributed by atoms with E-state index in [1.54, 1.807) is 4.68 Å². The number of nitrogens with one attached hydrogen (secondary N) is 1. The summed E-state index contributed by atoms with van der Waals surface area (Å²) in [5.74, 6) is 0.833. The summed E-state index contributed by atoms with van der Waals surface area (Å²) in [6.45, 7) is 6.25. The summed E-state index contributed by atoms with van der Waals surface area (Å²) in [4.78, 5) is 0. The predicted molar refractivity (Wildman–Crippen MR) is 81.1 cm³/mol. The number of hydrogen-bond donors (Lipinski definition) is 1. The molecule has 0 saturated heterocycles. The van der Waals surface area contributed by atoms with Crippen molar-refractivity contribution in [2.45, 2.75) is 27.0 Å². The Kier molecular flexibility index (Phi) is 5.04. The summed E-state index contributed by atoms with van der Waals surface area (Å²) >= 11 is 6.19. The SMILES string of the molecule is CCNCc1ccc(OCc2c(Cl)c(C)nn2C)cc1. The molecule has 4 nitrogen and oxygen atoms in total. The lowest BCUT2D eigenvalue weighted by Gasteiger charge is -2.08. The summed E-state index contributed by atoms with van der Waals surface area (Å²) in [6.07, 6.45) is 0. The van der Waals surface area contributed by atoms with Gasteiger partial charge >= 0.3 is 0 Å². The Morgan fingerprint density at radius 3 is 2.55 bits per heavy atom. The van der Waals surface area contributed by atoms with Crippen molar-refractivity contribution >= 4 is 11.6 Å². The van der Waals surface area contributed by atoms with E-state index in [2.05, 4.69) is 29.5 Å². The monoisotopic (exact) mass is 293 g/mol. The smallest absolute Gasteiger partial charge is 0.131 e. The van der Waals surface area contributed by atoms with Crippen LogP contribution in [0.2, 0.25) is 5.02 Å². The molecule has 0 unspecified atom stereocenters. The summed E-state index contributed by atoms with van der Waals surface area (Å²) in [5.41, 5.74) is 2.96. The molecule has 0 bridgehead atoms. The molecular formula is C15H20ClN3O. The fraction of sp³-hybridized carbons (Fsp3) is 0.400. The van der Waals surface area contributed by atoms with Gasteiger partial charge in [-0.25, -0.2) is 0 Å². The van der Waals surface area contributed by atoms with Gasteiger partial charge in [-0.1, -0.05) is 30.7 Å². The molecule has 0 saturated carbocycles. The molecule has 108 valence electrons. The van der Waals surface area contributed by atoms with E-state index in [1.165, 1.54) is 5.56 Å². The Labute approximate surface area is 124 Å². The molecule has 1 aromatic carbocycles. The predicted octanol–water partition coefficient (Wildman–Crippen LogP) is 3.07. The van der Waals surface area contributed by atoms with Crippen molar-refractivity contribution in [3.05, 3.63) is 46.2 Å². The van der Waals surface area contributed by atoms with Crippen LogP contribution in [0.3, 0.4) is 0 Å². The average molecular weight is 294 g/mol. The van der Waals surface area contributed by atoms with Crippen LogP contribution in [0.4, 0.5) is 0 Å². The van der Waals surface area contributed by atoms with Crippen molar-refractivity contribution in [1.29, 1.82) is 0 Å². The van der Waals surface area contributed by atoms with Crippen LogP contribution < -0.4 is 10.1 Å². The van der Waals surface area contributed by atoms with Crippen LogP contribution in [0.25, 0.3) is 0 Å². The zero-order valence-corrected chi connectivity index (χ0v) is 12.9. The van der Waals surface area contributed by atoms with Gasteiger partial charge in [0.05, 0.1) is 16.4 Å². The van der Waals surface area contributed by atoms with E-state index in [0.29, 0.717) is 11.6 Å². The maximum absolute atomic E-state index is 6.19. The molecule has 5 heteroatoms. The van der Waals surface area contributed by atoms with Gasteiger partial charge in [-0.05, 0) is 31.2 Å². The van der Waals surface area contributed by atoms with E-state index in [9.17, 15) is 0 Å². The number of aromatic nitrogens is 2. The Balaban J connectivity index is 1.97. The summed E-state index contributed by atoms with van der Waals surface area (Å²) in [7, 11) is 1.87. The van der Waals surface area contributed by atoms with E-state index in [4.69, 9.17) is 16.3 Å². The molecule has 2 aromatic rings. The first-order valence-electron chi connectivity index (χ1n) is 6.72. The van der Waals surface area contributed by atoms with Crippen molar-refractivity contribution in [3.8, 4) is 5.75 Å². The highest BCUT2D eigenvalue weighted by Gasteiger charge is 2.11. The van der Waals surface area contributed by atoms with Crippen molar-refractivity contribution in [3.63, 3.8) is 0 Å². The van der Waals surface area contributed by atoms with E-state index in [1.807, 2.05) is 26.1 Å². The van der Waals surface area contributed by atoms with Gasteiger partial charge in [-0.2, -0.15) is 5.10 Å². The maximum Gasteiger partial charge on any atom is 0.131 e. The van der Waals surface area contributed by atoms with Gasteiger partial charge in [0.25, 0.3) is 0 Å². The van der Waals surface area contributed by atoms with Crippen LogP contribution in [0.1, 0.15) is 23.9 Å². The molecule has 0 aliphatic rings. The Morgan fingerprint density at radius 1 is 1.30 bits per heavy atom. The normalized spacial score (nSPS) is 10.8. The van der Waals surface area contributed by atoms with Gasteiger partial charge in [0.1, 0.15) is 12.4 Å². The van der Waals surface area contributed by atoms with Gasteiger partial charge in [0, 0.05) is 13.6 Å². The zero-order chi connectivity index (χ0) is 14.5. The summed E-state index contributed by atoms with van der Waals surface area (Å²) in [6, 6.07) is 8.08. The number of rotatable bonds is 6. The van der Waals surface area contributed by atoms with Gasteiger partial charge in [0.15, 0.2) is 0 Å². The van der Waals surface area contributed by atoms with Gasteiger partial charge in [-0.15, -0.1) is 0 Å². The minimum Gasteiger partial charge on any atom is -0.487 e. The van der Waals surface area contributed by atoms with Crippen molar-refractivity contribution < 1.29 is 4.74 Å². The van der Waals surface area contributed by atoms with Crippen LogP contribution in [0.15, 0.2) is 24.3 Å². The molecule has 1 N–H and O–H groups in total. The average Bonchev–Trinajstić information content (AvgIpc) is 2.69. The zero-order valence-electron chi connectivity index (χ0n) is 12.1. The molecule has 0 atom stereocenters. The van der Waals surface area contributed by atoms with Gasteiger partial charge in [0.2, 0.25) is 0 Å². The third-order valence-electron chi connectivity index (χ3n) is 3.14. The Morgan fingerprint density at radius 2 is 2.00 bits per heavy atom. The fourth-order valence-corrected chi connectivity index (χ4v) is 2.18. The first-order chi connectivity index (χ1) is 9.61. The van der Waals surface area contributed by atoms with Crippen LogP contribution in [-0.2, 0) is 20.2 Å². The highest BCUT2D eigenvalue weighted by Crippen LogP contribution is 2.21. The van der Waals surface area contributed by atoms with E-state index in [0.717, 1.165) is 30.2 Å². The van der Waals surface area contributed by atoms with Crippen LogP contribution >= 0.6 is 11.6 Å². The van der Waals surface area contributed by atoms with Gasteiger partial charge in [-0.3, -0.25) is 4.68 Å². The van der Waals surface area contributed by atoms with Crippen molar-refractivity contribution in [2.24, 2.45) is 7.05 Å². The lowest BCUT2D eigenvalue weighted by molar-refractivity contribution is 0.295. The first-order valence-corrected chi connectivity index (χ1v) is 7.10. The molecule has 0 aliphatic heterocycles. The first kappa shape index (κ1) is 14.9.